The van der Waals surface area contributed by atoms with Crippen molar-refractivity contribution in [2.45, 2.75) is 32.7 Å². The molecule has 1 aliphatic rings. The number of carbonyl (C=O) groups excluding carboxylic acids is 1. The lowest BCUT2D eigenvalue weighted by molar-refractivity contribution is -0.123. The molecule has 1 heterocycles. The zero-order chi connectivity index (χ0) is 19.8. The van der Waals surface area contributed by atoms with Crippen LogP contribution in [0.25, 0.3) is 10.8 Å². The van der Waals surface area contributed by atoms with Crippen LogP contribution in [0.5, 0.6) is 5.75 Å². The van der Waals surface area contributed by atoms with Gasteiger partial charge in [-0.3, -0.25) is 9.69 Å². The zero-order valence-electron chi connectivity index (χ0n) is 17.0. The molecule has 0 unspecified atom stereocenters. The molecule has 0 saturated carbocycles. The van der Waals surface area contributed by atoms with E-state index in [1.54, 1.807) is 0 Å². The molecule has 5 heteroatoms. The quantitative estimate of drug-likeness (QED) is 0.719. The molecule has 152 valence electrons. The van der Waals surface area contributed by atoms with Crippen molar-refractivity contribution >= 4 is 16.7 Å². The Morgan fingerprint density at radius 1 is 1.11 bits per heavy atom. The molecule has 28 heavy (non-hydrogen) atoms. The monoisotopic (exact) mass is 384 g/mol. The largest absolute Gasteiger partial charge is 0.484 e. The summed E-state index contributed by atoms with van der Waals surface area (Å²) >= 11 is 0. The Hall–Kier alpha value is -2.11. The Bertz CT molecular complexity index is 754. The lowest BCUT2D eigenvalue weighted by Gasteiger charge is -2.38. The second-order valence-corrected chi connectivity index (χ2v) is 7.39. The highest BCUT2D eigenvalue weighted by Gasteiger charge is 2.27. The van der Waals surface area contributed by atoms with Crippen LogP contribution in [-0.2, 0) is 9.53 Å². The summed E-state index contributed by atoms with van der Waals surface area (Å²) in [6.07, 6.45) is 2.23. The molecule has 3 rings (SSSR count). The number of ether oxygens (including phenoxy) is 2. The minimum atomic E-state index is -0.0719. The van der Waals surface area contributed by atoms with E-state index in [1.165, 1.54) is 0 Å². The number of hydrogen-bond donors (Lipinski definition) is 1. The Labute approximate surface area is 168 Å². The van der Waals surface area contributed by atoms with E-state index < -0.39 is 0 Å². The van der Waals surface area contributed by atoms with Crippen LogP contribution in [0.3, 0.4) is 0 Å². The van der Waals surface area contributed by atoms with Gasteiger partial charge in [0.15, 0.2) is 6.61 Å². The molecular weight excluding hydrogens is 352 g/mol. The van der Waals surface area contributed by atoms with E-state index >= 15 is 0 Å². The zero-order valence-corrected chi connectivity index (χ0v) is 17.0. The maximum absolute atomic E-state index is 12.4. The number of hydrogen-bond acceptors (Lipinski definition) is 4. The van der Waals surface area contributed by atoms with Gasteiger partial charge in [0.1, 0.15) is 5.75 Å². The van der Waals surface area contributed by atoms with Crippen molar-refractivity contribution in [1.82, 2.24) is 10.2 Å². The highest BCUT2D eigenvalue weighted by molar-refractivity contribution is 5.84. The van der Waals surface area contributed by atoms with Gasteiger partial charge in [-0.1, -0.05) is 57.0 Å². The molecule has 0 bridgehead atoms. The smallest absolute Gasteiger partial charge is 0.257 e. The number of fused-ring (bicyclic) bond motifs is 1. The number of nitrogens with zero attached hydrogens (tertiary/aromatic N) is 1. The van der Waals surface area contributed by atoms with Gasteiger partial charge in [-0.2, -0.15) is 0 Å². The van der Waals surface area contributed by atoms with Gasteiger partial charge in [-0.15, -0.1) is 0 Å². The summed E-state index contributed by atoms with van der Waals surface area (Å²) in [5, 5.41) is 5.37. The summed E-state index contributed by atoms with van der Waals surface area (Å²) in [6.45, 7) is 8.57. The number of carbonyl (C=O) groups is 1. The number of nitrogens with one attached hydrogen (secondary N) is 1. The predicted molar refractivity (Wildman–Crippen MR) is 113 cm³/mol. The molecule has 1 N–H and O–H groups in total. The maximum atomic E-state index is 12.4. The lowest BCUT2D eigenvalue weighted by atomic mass is 9.92. The van der Waals surface area contributed by atoms with E-state index in [9.17, 15) is 4.79 Å². The highest BCUT2D eigenvalue weighted by atomic mass is 16.5. The molecule has 1 saturated heterocycles. The van der Waals surface area contributed by atoms with Crippen LogP contribution in [0.15, 0.2) is 42.5 Å². The van der Waals surface area contributed by atoms with Gasteiger partial charge in [-0.05, 0) is 28.8 Å². The summed E-state index contributed by atoms with van der Waals surface area (Å²) in [6, 6.07) is 14.4. The van der Waals surface area contributed by atoms with E-state index in [1.807, 2.05) is 36.4 Å². The first-order chi connectivity index (χ1) is 13.7. The second kappa shape index (κ2) is 10.4. The fourth-order valence-electron chi connectivity index (χ4n) is 4.01. The number of amides is 1. The SMILES string of the molecule is CCC(CC)[C@@H](CNC(=O)COc1ccc2ccccc2c1)N1CCOCC1. The summed E-state index contributed by atoms with van der Waals surface area (Å²) < 4.78 is 11.2. The van der Waals surface area contributed by atoms with Crippen LogP contribution in [0.4, 0.5) is 0 Å². The molecule has 1 atom stereocenters. The normalized spacial score (nSPS) is 16.2. The maximum Gasteiger partial charge on any atom is 0.257 e. The van der Waals surface area contributed by atoms with E-state index in [2.05, 4.69) is 30.1 Å². The Kier molecular flexibility index (Phi) is 7.69. The van der Waals surface area contributed by atoms with Crippen LogP contribution >= 0.6 is 0 Å². The van der Waals surface area contributed by atoms with Crippen LogP contribution in [-0.4, -0.2) is 56.3 Å². The van der Waals surface area contributed by atoms with Crippen molar-refractivity contribution in [2.24, 2.45) is 5.92 Å². The average Bonchev–Trinajstić information content (AvgIpc) is 2.75. The number of rotatable bonds is 9. The number of benzene rings is 2. The van der Waals surface area contributed by atoms with Gasteiger partial charge in [0.05, 0.1) is 13.2 Å². The topological polar surface area (TPSA) is 50.8 Å². The highest BCUT2D eigenvalue weighted by Crippen LogP contribution is 2.21. The summed E-state index contributed by atoms with van der Waals surface area (Å²) in [5.41, 5.74) is 0. The summed E-state index contributed by atoms with van der Waals surface area (Å²) in [5.74, 6) is 1.22. The molecular formula is C23H32N2O3. The predicted octanol–water partition coefficient (Wildman–Crippen LogP) is 3.47. The van der Waals surface area contributed by atoms with Crippen molar-refractivity contribution in [3.63, 3.8) is 0 Å². The molecule has 1 amide bonds. The van der Waals surface area contributed by atoms with Gasteiger partial charge in [-0.25, -0.2) is 0 Å². The van der Waals surface area contributed by atoms with Crippen LogP contribution < -0.4 is 10.1 Å². The van der Waals surface area contributed by atoms with Crippen LogP contribution in [0.1, 0.15) is 26.7 Å². The van der Waals surface area contributed by atoms with Crippen molar-refractivity contribution in [3.8, 4) is 5.75 Å². The van der Waals surface area contributed by atoms with Gasteiger partial charge in [0, 0.05) is 25.7 Å². The molecule has 0 aromatic heterocycles. The first-order valence-corrected chi connectivity index (χ1v) is 10.4. The van der Waals surface area contributed by atoms with E-state index in [0.29, 0.717) is 18.5 Å². The molecule has 0 spiro atoms. The number of morpholine rings is 1. The molecule has 2 aromatic rings. The second-order valence-electron chi connectivity index (χ2n) is 7.39. The van der Waals surface area contributed by atoms with Gasteiger partial charge in [0.2, 0.25) is 0 Å². The molecule has 1 fully saturated rings. The minimum Gasteiger partial charge on any atom is -0.484 e. The Morgan fingerprint density at radius 2 is 1.82 bits per heavy atom. The molecule has 0 radical (unpaired) electrons. The fraction of sp³-hybridized carbons (Fsp3) is 0.522. The summed E-state index contributed by atoms with van der Waals surface area (Å²) in [4.78, 5) is 14.9. The Balaban J connectivity index is 1.53. The first kappa shape index (κ1) is 20.6. The Morgan fingerprint density at radius 3 is 2.54 bits per heavy atom. The van der Waals surface area contributed by atoms with E-state index in [4.69, 9.17) is 9.47 Å². The third-order valence-corrected chi connectivity index (χ3v) is 5.71. The lowest BCUT2D eigenvalue weighted by Crippen LogP contribution is -2.52. The van der Waals surface area contributed by atoms with Crippen molar-refractivity contribution < 1.29 is 14.3 Å². The van der Waals surface area contributed by atoms with E-state index in [0.717, 1.165) is 55.7 Å². The molecule has 5 nitrogen and oxygen atoms in total. The van der Waals surface area contributed by atoms with Crippen LogP contribution in [0.2, 0.25) is 0 Å². The molecule has 1 aliphatic heterocycles. The van der Waals surface area contributed by atoms with Crippen molar-refractivity contribution in [3.05, 3.63) is 42.5 Å². The fourth-order valence-corrected chi connectivity index (χ4v) is 4.01. The van der Waals surface area contributed by atoms with E-state index in [-0.39, 0.29) is 12.5 Å². The van der Waals surface area contributed by atoms with Crippen LogP contribution in [0, 0.1) is 5.92 Å². The first-order valence-electron chi connectivity index (χ1n) is 10.4. The third-order valence-electron chi connectivity index (χ3n) is 5.71. The van der Waals surface area contributed by atoms with Crippen molar-refractivity contribution in [2.75, 3.05) is 39.5 Å². The molecule has 2 aromatic carbocycles. The van der Waals surface area contributed by atoms with Gasteiger partial charge < -0.3 is 14.8 Å². The van der Waals surface area contributed by atoms with Gasteiger partial charge in [0.25, 0.3) is 5.91 Å². The van der Waals surface area contributed by atoms with Gasteiger partial charge >= 0.3 is 0 Å². The third kappa shape index (κ3) is 5.46. The summed E-state index contributed by atoms with van der Waals surface area (Å²) in [7, 11) is 0. The minimum absolute atomic E-state index is 0.0388. The van der Waals surface area contributed by atoms with Crippen molar-refractivity contribution in [1.29, 1.82) is 0 Å². The average molecular weight is 385 g/mol. The standard InChI is InChI=1S/C23H32N2O3/c1-3-18(4-2)22(25-11-13-27-14-12-25)16-24-23(26)17-28-21-10-9-19-7-5-6-8-20(19)15-21/h5-10,15,18,22H,3-4,11-14,16-17H2,1-2H3,(H,24,26)/t22-/m1/s1. The molecule has 0 aliphatic carbocycles.